The van der Waals surface area contributed by atoms with Crippen molar-refractivity contribution in [3.8, 4) is 6.07 Å². The SMILES string of the molecule is CCCCC[C@H]1CC[C@H](/C=C/[CH]c2ccc(C#N)cc2)CC1. The lowest BCUT2D eigenvalue weighted by molar-refractivity contribution is 0.289. The van der Waals surface area contributed by atoms with E-state index in [1.54, 1.807) is 0 Å². The summed E-state index contributed by atoms with van der Waals surface area (Å²) in [6.07, 6.45) is 17.9. The summed E-state index contributed by atoms with van der Waals surface area (Å²) in [7, 11) is 0. The largest absolute Gasteiger partial charge is 0.192 e. The maximum atomic E-state index is 8.79. The number of nitrogens with zero attached hydrogens (tertiary/aromatic N) is 1. The molecule has 0 N–H and O–H groups in total. The highest BCUT2D eigenvalue weighted by Gasteiger charge is 2.18. The molecular weight excluding hydrogens is 266 g/mol. The molecule has 1 aliphatic rings. The average Bonchev–Trinajstić information content (AvgIpc) is 2.57. The summed E-state index contributed by atoms with van der Waals surface area (Å²) in [5.74, 6) is 1.75. The number of allylic oxidation sites excluding steroid dienone is 2. The lowest BCUT2D eigenvalue weighted by Crippen LogP contribution is -2.13. The second-order valence-electron chi connectivity index (χ2n) is 6.56. The van der Waals surface area contributed by atoms with Crippen LogP contribution in [0.3, 0.4) is 0 Å². The number of rotatable bonds is 7. The maximum absolute atomic E-state index is 8.79. The van der Waals surface area contributed by atoms with E-state index in [2.05, 4.69) is 31.6 Å². The summed E-state index contributed by atoms with van der Waals surface area (Å²) >= 11 is 0. The molecule has 1 nitrogen and oxygen atoms in total. The van der Waals surface area contributed by atoms with E-state index < -0.39 is 0 Å². The Balaban J connectivity index is 1.68. The fraction of sp³-hybridized carbons (Fsp3) is 0.524. The number of nitriles is 1. The Kier molecular flexibility index (Phi) is 7.23. The standard InChI is InChI=1S/C21H28N/c1-2-3-4-6-18-9-11-19(12-10-18)7-5-8-20-13-15-21(17-22)16-14-20/h5,7-8,13-16,18-19H,2-4,6,9-12H2,1H3/b7-5+/t18-,19-. The highest BCUT2D eigenvalue weighted by molar-refractivity contribution is 5.36. The Morgan fingerprint density at radius 1 is 1.09 bits per heavy atom. The van der Waals surface area contributed by atoms with Crippen LogP contribution in [-0.2, 0) is 0 Å². The van der Waals surface area contributed by atoms with Crippen LogP contribution in [0.5, 0.6) is 0 Å². The van der Waals surface area contributed by atoms with Gasteiger partial charge in [0.1, 0.15) is 0 Å². The molecule has 0 bridgehead atoms. The van der Waals surface area contributed by atoms with Gasteiger partial charge in [-0.15, -0.1) is 0 Å². The van der Waals surface area contributed by atoms with Gasteiger partial charge in [0.25, 0.3) is 0 Å². The minimum Gasteiger partial charge on any atom is -0.192 e. The zero-order valence-electron chi connectivity index (χ0n) is 13.8. The van der Waals surface area contributed by atoms with Gasteiger partial charge in [-0.05, 0) is 55.2 Å². The molecule has 0 aliphatic heterocycles. The molecule has 0 heterocycles. The number of hydrogen-bond donors (Lipinski definition) is 0. The monoisotopic (exact) mass is 294 g/mol. The first-order valence-electron chi connectivity index (χ1n) is 8.83. The van der Waals surface area contributed by atoms with Gasteiger partial charge in [0.15, 0.2) is 0 Å². The Labute approximate surface area is 136 Å². The Morgan fingerprint density at radius 2 is 1.82 bits per heavy atom. The number of benzene rings is 1. The first kappa shape index (κ1) is 16.8. The third-order valence-corrected chi connectivity index (χ3v) is 4.82. The van der Waals surface area contributed by atoms with E-state index in [0.29, 0.717) is 0 Å². The molecule has 1 heteroatoms. The fourth-order valence-corrected chi connectivity index (χ4v) is 3.34. The van der Waals surface area contributed by atoms with E-state index in [1.807, 2.05) is 24.3 Å². The van der Waals surface area contributed by atoms with Gasteiger partial charge in [-0.2, -0.15) is 5.26 Å². The van der Waals surface area contributed by atoms with Gasteiger partial charge < -0.3 is 0 Å². The normalized spacial score (nSPS) is 21.8. The van der Waals surface area contributed by atoms with Crippen LogP contribution in [0.1, 0.15) is 69.4 Å². The Hall–Kier alpha value is -1.55. The third kappa shape index (κ3) is 5.68. The first-order valence-corrected chi connectivity index (χ1v) is 8.83. The van der Waals surface area contributed by atoms with E-state index in [1.165, 1.54) is 56.9 Å². The summed E-state index contributed by atoms with van der Waals surface area (Å²) in [6.45, 7) is 2.28. The molecule has 117 valence electrons. The van der Waals surface area contributed by atoms with Crippen molar-refractivity contribution < 1.29 is 0 Å². The summed E-state index contributed by atoms with van der Waals surface area (Å²) in [5, 5.41) is 8.79. The van der Waals surface area contributed by atoms with Crippen molar-refractivity contribution in [2.45, 2.75) is 58.3 Å². The van der Waals surface area contributed by atoms with E-state index in [-0.39, 0.29) is 0 Å². The van der Waals surface area contributed by atoms with Crippen LogP contribution in [0.2, 0.25) is 0 Å². The van der Waals surface area contributed by atoms with Crippen molar-refractivity contribution in [1.29, 1.82) is 5.26 Å². The van der Waals surface area contributed by atoms with Crippen LogP contribution < -0.4 is 0 Å². The average molecular weight is 294 g/mol. The molecule has 0 unspecified atom stereocenters. The molecule has 0 spiro atoms. The van der Waals surface area contributed by atoms with Crippen LogP contribution in [-0.4, -0.2) is 0 Å². The predicted molar refractivity (Wildman–Crippen MR) is 93.3 cm³/mol. The molecular formula is C21H28N. The van der Waals surface area contributed by atoms with E-state index >= 15 is 0 Å². The van der Waals surface area contributed by atoms with Crippen LogP contribution in [0.4, 0.5) is 0 Å². The van der Waals surface area contributed by atoms with Crippen molar-refractivity contribution in [2.75, 3.05) is 0 Å². The van der Waals surface area contributed by atoms with Crippen LogP contribution in [0.15, 0.2) is 36.4 Å². The molecule has 1 radical (unpaired) electrons. The van der Waals surface area contributed by atoms with E-state index in [9.17, 15) is 0 Å². The smallest absolute Gasteiger partial charge is 0.0991 e. The van der Waals surface area contributed by atoms with Crippen LogP contribution in [0.25, 0.3) is 0 Å². The molecule has 0 amide bonds. The maximum Gasteiger partial charge on any atom is 0.0991 e. The first-order chi connectivity index (χ1) is 10.8. The van der Waals surface area contributed by atoms with Crippen molar-refractivity contribution in [1.82, 2.24) is 0 Å². The van der Waals surface area contributed by atoms with E-state index in [4.69, 9.17) is 5.26 Å². The Bertz CT molecular complexity index is 484. The van der Waals surface area contributed by atoms with Crippen molar-refractivity contribution in [2.24, 2.45) is 11.8 Å². The van der Waals surface area contributed by atoms with Gasteiger partial charge in [0, 0.05) is 6.42 Å². The zero-order chi connectivity index (χ0) is 15.6. The van der Waals surface area contributed by atoms with Gasteiger partial charge in [-0.1, -0.05) is 56.9 Å². The van der Waals surface area contributed by atoms with Gasteiger partial charge in [-0.3, -0.25) is 0 Å². The molecule has 2 rings (SSSR count). The van der Waals surface area contributed by atoms with Crippen molar-refractivity contribution in [3.05, 3.63) is 54.0 Å². The molecule has 0 atom stereocenters. The number of hydrogen-bond acceptors (Lipinski definition) is 1. The molecule has 0 saturated heterocycles. The highest BCUT2D eigenvalue weighted by atomic mass is 14.2. The zero-order valence-corrected chi connectivity index (χ0v) is 13.8. The van der Waals surface area contributed by atoms with Gasteiger partial charge in [-0.25, -0.2) is 0 Å². The number of unbranched alkanes of at least 4 members (excludes halogenated alkanes) is 2. The lowest BCUT2D eigenvalue weighted by Gasteiger charge is -2.26. The summed E-state index contributed by atoms with van der Waals surface area (Å²) < 4.78 is 0. The fourth-order valence-electron chi connectivity index (χ4n) is 3.34. The predicted octanol–water partition coefficient (Wildman–Crippen LogP) is 6.05. The summed E-state index contributed by atoms with van der Waals surface area (Å²) in [6, 6.07) is 9.92. The van der Waals surface area contributed by atoms with Crippen LogP contribution >= 0.6 is 0 Å². The lowest BCUT2D eigenvalue weighted by atomic mass is 9.79. The molecule has 22 heavy (non-hydrogen) atoms. The molecule has 1 saturated carbocycles. The Morgan fingerprint density at radius 3 is 2.45 bits per heavy atom. The van der Waals surface area contributed by atoms with Crippen LogP contribution in [0, 0.1) is 29.6 Å². The van der Waals surface area contributed by atoms with Gasteiger partial charge in [0.05, 0.1) is 11.6 Å². The quantitative estimate of drug-likeness (QED) is 0.561. The van der Waals surface area contributed by atoms with Crippen molar-refractivity contribution in [3.63, 3.8) is 0 Å². The molecule has 1 aromatic carbocycles. The second kappa shape index (κ2) is 9.46. The van der Waals surface area contributed by atoms with Gasteiger partial charge >= 0.3 is 0 Å². The minimum absolute atomic E-state index is 0.725. The molecule has 1 fully saturated rings. The molecule has 0 aromatic heterocycles. The summed E-state index contributed by atoms with van der Waals surface area (Å²) in [5.41, 5.74) is 1.89. The minimum atomic E-state index is 0.725. The molecule has 1 aromatic rings. The van der Waals surface area contributed by atoms with E-state index in [0.717, 1.165) is 17.4 Å². The summed E-state index contributed by atoms with van der Waals surface area (Å²) in [4.78, 5) is 0. The molecule has 1 aliphatic carbocycles. The third-order valence-electron chi connectivity index (χ3n) is 4.82. The highest BCUT2D eigenvalue weighted by Crippen LogP contribution is 2.32. The van der Waals surface area contributed by atoms with Gasteiger partial charge in [0.2, 0.25) is 0 Å². The van der Waals surface area contributed by atoms with Crippen molar-refractivity contribution >= 4 is 0 Å². The second-order valence-corrected chi connectivity index (χ2v) is 6.56. The topological polar surface area (TPSA) is 23.8 Å².